The Morgan fingerprint density at radius 2 is 1.80 bits per heavy atom. The second-order valence-electron chi connectivity index (χ2n) is 3.56. The van der Waals surface area contributed by atoms with Crippen molar-refractivity contribution >= 4 is 25.0 Å². The fourth-order valence-corrected chi connectivity index (χ4v) is 0.800. The van der Waals surface area contributed by atoms with Crippen LogP contribution in [0.3, 0.4) is 0 Å². The van der Waals surface area contributed by atoms with Crippen LogP contribution in [0.15, 0.2) is 12.1 Å². The Morgan fingerprint density at radius 1 is 1.33 bits per heavy atom. The summed E-state index contributed by atoms with van der Waals surface area (Å²) in [6, 6.07) is 0. The minimum atomic E-state index is -1.12. The molecule has 0 radical (unpaired) electrons. The SMILES string of the molecule is CC(C)(/C=C/B1OC(=O)C(=O)O1)C(=O)O. The molecule has 15 heavy (non-hydrogen) atoms. The van der Waals surface area contributed by atoms with Crippen molar-refractivity contribution in [3.05, 3.63) is 12.1 Å². The molecule has 1 heterocycles. The van der Waals surface area contributed by atoms with Crippen LogP contribution in [0, 0.1) is 5.41 Å². The lowest BCUT2D eigenvalue weighted by Gasteiger charge is -2.12. The molecule has 0 bridgehead atoms. The highest BCUT2D eigenvalue weighted by Crippen LogP contribution is 2.18. The van der Waals surface area contributed by atoms with Crippen LogP contribution < -0.4 is 0 Å². The summed E-state index contributed by atoms with van der Waals surface area (Å²) in [6.07, 6.45) is 1.30. The number of hydrogen-bond acceptors (Lipinski definition) is 5. The van der Waals surface area contributed by atoms with Gasteiger partial charge in [-0.3, -0.25) is 4.79 Å². The molecule has 1 aliphatic rings. The number of carboxylic acids is 1. The predicted molar refractivity (Wildman–Crippen MR) is 48.5 cm³/mol. The van der Waals surface area contributed by atoms with Crippen molar-refractivity contribution in [1.82, 2.24) is 0 Å². The van der Waals surface area contributed by atoms with Gasteiger partial charge in [-0.2, -0.15) is 0 Å². The van der Waals surface area contributed by atoms with E-state index in [2.05, 4.69) is 9.31 Å². The summed E-state index contributed by atoms with van der Waals surface area (Å²) in [5.41, 5.74) is -1.11. The van der Waals surface area contributed by atoms with Gasteiger partial charge in [0, 0.05) is 0 Å². The number of carbonyl (C=O) groups is 3. The molecule has 0 unspecified atom stereocenters. The third-order valence-electron chi connectivity index (χ3n) is 1.83. The van der Waals surface area contributed by atoms with Crippen LogP contribution in [0.2, 0.25) is 0 Å². The molecular weight excluding hydrogens is 203 g/mol. The molecule has 0 aromatic heterocycles. The molecule has 1 N–H and O–H groups in total. The van der Waals surface area contributed by atoms with Crippen molar-refractivity contribution in [2.75, 3.05) is 0 Å². The molecule has 0 atom stereocenters. The Labute approximate surface area is 86.0 Å². The van der Waals surface area contributed by atoms with Gasteiger partial charge in [0.2, 0.25) is 0 Å². The molecule has 0 spiro atoms. The van der Waals surface area contributed by atoms with Gasteiger partial charge in [0.05, 0.1) is 5.41 Å². The maximum atomic E-state index is 10.7. The van der Waals surface area contributed by atoms with Gasteiger partial charge in [-0.05, 0) is 19.8 Å². The van der Waals surface area contributed by atoms with Gasteiger partial charge < -0.3 is 14.4 Å². The zero-order valence-electron chi connectivity index (χ0n) is 8.22. The largest absolute Gasteiger partial charge is 0.629 e. The first-order chi connectivity index (χ1) is 6.83. The molecule has 80 valence electrons. The minimum Gasteiger partial charge on any atom is -0.487 e. The van der Waals surface area contributed by atoms with Gasteiger partial charge in [0.15, 0.2) is 0 Å². The summed E-state index contributed by atoms with van der Waals surface area (Å²) in [5, 5.41) is 8.75. The lowest BCUT2D eigenvalue weighted by atomic mass is 9.84. The van der Waals surface area contributed by atoms with Crippen LogP contribution >= 0.6 is 0 Å². The molecule has 1 aliphatic heterocycles. The molecule has 0 aromatic rings. The van der Waals surface area contributed by atoms with Gasteiger partial charge in [-0.25, -0.2) is 9.59 Å². The average Bonchev–Trinajstić information content (AvgIpc) is 2.43. The van der Waals surface area contributed by atoms with Gasteiger partial charge in [-0.15, -0.1) is 0 Å². The number of aliphatic carboxylic acids is 1. The van der Waals surface area contributed by atoms with E-state index in [1.807, 2.05) is 0 Å². The van der Waals surface area contributed by atoms with E-state index in [1.54, 1.807) is 0 Å². The van der Waals surface area contributed by atoms with E-state index in [1.165, 1.54) is 25.9 Å². The third-order valence-corrected chi connectivity index (χ3v) is 1.83. The fraction of sp³-hybridized carbons (Fsp3) is 0.375. The van der Waals surface area contributed by atoms with Crippen LogP contribution in [0.5, 0.6) is 0 Å². The average molecular weight is 212 g/mol. The normalized spacial score (nSPS) is 16.8. The van der Waals surface area contributed by atoms with Gasteiger partial charge >= 0.3 is 25.0 Å². The standard InChI is InChI=1S/C8H9BO6/c1-8(2,7(12)13)3-4-9-14-5(10)6(11)15-9/h3-4H,1-2H3,(H,12,13)/b4-3+. The molecule has 0 aromatic carbocycles. The van der Waals surface area contributed by atoms with Crippen LogP contribution in [-0.4, -0.2) is 30.1 Å². The highest BCUT2D eigenvalue weighted by Gasteiger charge is 2.39. The molecular formula is C8H9BO6. The van der Waals surface area contributed by atoms with Crippen molar-refractivity contribution < 1.29 is 28.8 Å². The van der Waals surface area contributed by atoms with Gasteiger partial charge in [0.1, 0.15) is 0 Å². The number of hydrogen-bond donors (Lipinski definition) is 1. The van der Waals surface area contributed by atoms with Crippen molar-refractivity contribution in [2.45, 2.75) is 13.8 Å². The zero-order valence-corrected chi connectivity index (χ0v) is 8.22. The van der Waals surface area contributed by atoms with Crippen molar-refractivity contribution in [3.63, 3.8) is 0 Å². The summed E-state index contributed by atoms with van der Waals surface area (Å²) in [5.74, 6) is -1.96. The summed E-state index contributed by atoms with van der Waals surface area (Å²) >= 11 is 0. The molecule has 7 heteroatoms. The Balaban J connectivity index is 2.64. The van der Waals surface area contributed by atoms with Crippen LogP contribution in [0.1, 0.15) is 13.8 Å². The summed E-state index contributed by atoms with van der Waals surface area (Å²) < 4.78 is 8.92. The Hall–Kier alpha value is -1.79. The number of carboxylic acid groups (broad SMARTS) is 1. The summed E-state index contributed by atoms with van der Waals surface area (Å²) in [6.45, 7) is 2.93. The Kier molecular flexibility index (Phi) is 2.83. The summed E-state index contributed by atoms with van der Waals surface area (Å²) in [7, 11) is -1.12. The zero-order chi connectivity index (χ0) is 11.6. The maximum Gasteiger partial charge on any atom is 0.629 e. The smallest absolute Gasteiger partial charge is 0.487 e. The van der Waals surface area contributed by atoms with Crippen LogP contribution in [-0.2, 0) is 23.7 Å². The van der Waals surface area contributed by atoms with Crippen molar-refractivity contribution in [3.8, 4) is 0 Å². The summed E-state index contributed by atoms with van der Waals surface area (Å²) in [4.78, 5) is 31.9. The maximum absolute atomic E-state index is 10.7. The fourth-order valence-electron chi connectivity index (χ4n) is 0.800. The van der Waals surface area contributed by atoms with E-state index in [9.17, 15) is 14.4 Å². The van der Waals surface area contributed by atoms with E-state index < -0.39 is 30.4 Å². The van der Waals surface area contributed by atoms with E-state index in [0.717, 1.165) is 0 Å². The lowest BCUT2D eigenvalue weighted by Crippen LogP contribution is -2.22. The van der Waals surface area contributed by atoms with Crippen molar-refractivity contribution in [1.29, 1.82) is 0 Å². The molecule has 0 saturated carbocycles. The molecule has 1 rings (SSSR count). The monoisotopic (exact) mass is 212 g/mol. The van der Waals surface area contributed by atoms with Gasteiger partial charge in [0.25, 0.3) is 0 Å². The molecule has 0 aliphatic carbocycles. The molecule has 1 fully saturated rings. The van der Waals surface area contributed by atoms with E-state index in [0.29, 0.717) is 0 Å². The first-order valence-electron chi connectivity index (χ1n) is 4.17. The second-order valence-corrected chi connectivity index (χ2v) is 3.56. The Bertz CT molecular complexity index is 329. The minimum absolute atomic E-state index is 1.03. The van der Waals surface area contributed by atoms with Crippen LogP contribution in [0.4, 0.5) is 0 Å². The first kappa shape index (κ1) is 11.3. The van der Waals surface area contributed by atoms with Gasteiger partial charge in [-0.1, -0.05) is 6.08 Å². The van der Waals surface area contributed by atoms with E-state index >= 15 is 0 Å². The molecule has 6 nitrogen and oxygen atoms in total. The lowest BCUT2D eigenvalue weighted by molar-refractivity contribution is -0.150. The first-order valence-corrected chi connectivity index (χ1v) is 4.17. The highest BCUT2D eigenvalue weighted by molar-refractivity contribution is 6.63. The topological polar surface area (TPSA) is 89.9 Å². The predicted octanol–water partition coefficient (Wildman–Crippen LogP) is -0.219. The van der Waals surface area contributed by atoms with Crippen LogP contribution in [0.25, 0.3) is 0 Å². The Morgan fingerprint density at radius 3 is 2.20 bits per heavy atom. The quantitative estimate of drug-likeness (QED) is 0.513. The highest BCUT2D eigenvalue weighted by atomic mass is 16.7. The second kappa shape index (κ2) is 3.76. The molecule has 1 saturated heterocycles. The van der Waals surface area contributed by atoms with Crippen molar-refractivity contribution in [2.24, 2.45) is 5.41 Å². The van der Waals surface area contributed by atoms with E-state index in [4.69, 9.17) is 5.11 Å². The third kappa shape index (κ3) is 2.58. The number of carbonyl (C=O) groups excluding carboxylic acids is 2. The number of rotatable bonds is 3. The molecule has 0 amide bonds. The van der Waals surface area contributed by atoms with E-state index in [-0.39, 0.29) is 0 Å².